The number of aromatic nitrogens is 2. The van der Waals surface area contributed by atoms with Crippen LogP contribution < -0.4 is 4.74 Å². The molecule has 0 spiro atoms. The molecule has 0 aliphatic rings. The molecule has 3 rings (SSSR count). The van der Waals surface area contributed by atoms with Crippen LogP contribution >= 0.6 is 23.2 Å². The molecule has 0 aliphatic heterocycles. The molecule has 8 heteroatoms. The van der Waals surface area contributed by atoms with Gasteiger partial charge in [0.25, 0.3) is 5.91 Å². The summed E-state index contributed by atoms with van der Waals surface area (Å²) in [5.74, 6) is 1.12. The predicted octanol–water partition coefficient (Wildman–Crippen LogP) is 4.47. The Hall–Kier alpha value is -2.57. The third kappa shape index (κ3) is 4.99. The lowest BCUT2D eigenvalue weighted by Gasteiger charge is -2.20. The van der Waals surface area contributed by atoms with Crippen LogP contribution in [-0.2, 0) is 11.3 Å². The van der Waals surface area contributed by atoms with Crippen LogP contribution in [-0.4, -0.2) is 34.1 Å². The van der Waals surface area contributed by atoms with Gasteiger partial charge in [-0.05, 0) is 55.5 Å². The van der Waals surface area contributed by atoms with Gasteiger partial charge in [0.2, 0.25) is 11.7 Å². The Labute approximate surface area is 166 Å². The summed E-state index contributed by atoms with van der Waals surface area (Å²) in [6.45, 7) is 1.86. The van der Waals surface area contributed by atoms with E-state index in [1.165, 1.54) is 4.90 Å². The minimum atomic E-state index is -0.671. The number of rotatable bonds is 6. The maximum absolute atomic E-state index is 12.5. The van der Waals surface area contributed by atoms with Gasteiger partial charge in [0.05, 0.1) is 6.54 Å². The zero-order valence-corrected chi connectivity index (χ0v) is 16.2. The van der Waals surface area contributed by atoms with E-state index in [4.69, 9.17) is 32.5 Å². The van der Waals surface area contributed by atoms with Crippen molar-refractivity contribution in [1.29, 1.82) is 0 Å². The molecule has 1 aromatic heterocycles. The molecule has 0 bridgehead atoms. The van der Waals surface area contributed by atoms with Gasteiger partial charge in [-0.2, -0.15) is 4.98 Å². The number of carbonyl (C=O) groups excluding carboxylic acids is 1. The van der Waals surface area contributed by atoms with Crippen molar-refractivity contribution in [3.05, 3.63) is 64.5 Å². The molecule has 1 heterocycles. The monoisotopic (exact) mass is 405 g/mol. The molecule has 0 radical (unpaired) electrons. The molecule has 1 amide bonds. The highest BCUT2D eigenvalue weighted by Crippen LogP contribution is 2.20. The molecule has 1 atom stereocenters. The van der Waals surface area contributed by atoms with Gasteiger partial charge in [0, 0.05) is 22.7 Å². The molecule has 2 aromatic carbocycles. The summed E-state index contributed by atoms with van der Waals surface area (Å²) >= 11 is 11.7. The summed E-state index contributed by atoms with van der Waals surface area (Å²) in [5, 5.41) is 5.17. The number of halogens is 2. The second-order valence-electron chi connectivity index (χ2n) is 5.93. The summed E-state index contributed by atoms with van der Waals surface area (Å²) in [4.78, 5) is 18.3. The van der Waals surface area contributed by atoms with Gasteiger partial charge in [-0.25, -0.2) is 0 Å². The lowest BCUT2D eigenvalue weighted by Crippen LogP contribution is -2.37. The van der Waals surface area contributed by atoms with Crippen molar-refractivity contribution in [2.45, 2.75) is 19.6 Å². The molecule has 0 unspecified atom stereocenters. The second-order valence-corrected chi connectivity index (χ2v) is 6.80. The molecule has 6 nitrogen and oxygen atoms in total. The number of likely N-dealkylation sites (N-methyl/N-ethyl adjacent to an activating group) is 1. The van der Waals surface area contributed by atoms with Crippen molar-refractivity contribution in [1.82, 2.24) is 15.0 Å². The Balaban J connectivity index is 1.60. The van der Waals surface area contributed by atoms with E-state index in [0.717, 1.165) is 5.56 Å². The summed E-state index contributed by atoms with van der Waals surface area (Å²) in [5.41, 5.74) is 0.780. The minimum Gasteiger partial charge on any atom is -0.481 e. The topological polar surface area (TPSA) is 68.5 Å². The van der Waals surface area contributed by atoms with Gasteiger partial charge in [0.1, 0.15) is 5.75 Å². The number of amides is 1. The van der Waals surface area contributed by atoms with Gasteiger partial charge in [-0.3, -0.25) is 4.79 Å². The van der Waals surface area contributed by atoms with Crippen molar-refractivity contribution in [3.8, 4) is 17.1 Å². The molecule has 27 heavy (non-hydrogen) atoms. The minimum absolute atomic E-state index is 0.174. The van der Waals surface area contributed by atoms with Crippen LogP contribution in [0.15, 0.2) is 53.1 Å². The molecule has 0 N–H and O–H groups in total. The van der Waals surface area contributed by atoms with Crippen molar-refractivity contribution in [2.75, 3.05) is 7.05 Å². The number of hydrogen-bond acceptors (Lipinski definition) is 5. The summed E-state index contributed by atoms with van der Waals surface area (Å²) in [6, 6.07) is 13.9. The van der Waals surface area contributed by atoms with Crippen LogP contribution in [0.4, 0.5) is 0 Å². The maximum Gasteiger partial charge on any atom is 0.263 e. The first-order valence-electron chi connectivity index (χ1n) is 8.18. The molecule has 0 fully saturated rings. The van der Waals surface area contributed by atoms with E-state index in [1.54, 1.807) is 62.5 Å². The number of carbonyl (C=O) groups is 1. The summed E-state index contributed by atoms with van der Waals surface area (Å²) < 4.78 is 10.9. The Morgan fingerprint density at radius 1 is 1.11 bits per heavy atom. The molecule has 0 saturated heterocycles. The maximum atomic E-state index is 12.5. The Kier molecular flexibility index (Phi) is 5.98. The summed E-state index contributed by atoms with van der Waals surface area (Å²) in [7, 11) is 1.65. The van der Waals surface area contributed by atoms with E-state index in [2.05, 4.69) is 10.1 Å². The summed E-state index contributed by atoms with van der Waals surface area (Å²) in [6.07, 6.45) is -0.671. The zero-order valence-electron chi connectivity index (χ0n) is 14.7. The number of nitrogens with zero attached hydrogens (tertiary/aromatic N) is 3. The number of hydrogen-bond donors (Lipinski definition) is 0. The van der Waals surface area contributed by atoms with Crippen molar-refractivity contribution >= 4 is 29.1 Å². The highest BCUT2D eigenvalue weighted by molar-refractivity contribution is 6.30. The van der Waals surface area contributed by atoms with Crippen molar-refractivity contribution < 1.29 is 14.1 Å². The molecular formula is C19H17Cl2N3O3. The molecular weight excluding hydrogens is 389 g/mol. The quantitative estimate of drug-likeness (QED) is 0.604. The molecule has 3 aromatic rings. The lowest BCUT2D eigenvalue weighted by molar-refractivity contribution is -0.137. The number of benzene rings is 2. The van der Waals surface area contributed by atoms with Crippen LogP contribution in [0, 0.1) is 0 Å². The number of ether oxygens (including phenoxy) is 1. The lowest BCUT2D eigenvalue weighted by atomic mass is 10.2. The molecule has 0 saturated carbocycles. The van der Waals surface area contributed by atoms with Crippen LogP contribution in [0.2, 0.25) is 10.0 Å². The van der Waals surface area contributed by atoms with Gasteiger partial charge in [0.15, 0.2) is 6.10 Å². The normalized spacial score (nSPS) is 11.9. The van der Waals surface area contributed by atoms with Crippen LogP contribution in [0.25, 0.3) is 11.4 Å². The van der Waals surface area contributed by atoms with Crippen LogP contribution in [0.1, 0.15) is 12.8 Å². The Morgan fingerprint density at radius 2 is 1.70 bits per heavy atom. The van der Waals surface area contributed by atoms with Crippen LogP contribution in [0.3, 0.4) is 0 Å². The Morgan fingerprint density at radius 3 is 2.33 bits per heavy atom. The van der Waals surface area contributed by atoms with E-state index >= 15 is 0 Å². The van der Waals surface area contributed by atoms with Crippen molar-refractivity contribution in [2.24, 2.45) is 0 Å². The average molecular weight is 406 g/mol. The predicted molar refractivity (Wildman–Crippen MR) is 103 cm³/mol. The van der Waals surface area contributed by atoms with E-state index < -0.39 is 6.10 Å². The SMILES string of the molecule is C[C@H](Oc1ccc(Cl)cc1)C(=O)N(C)Cc1nc(-c2ccc(Cl)cc2)no1. The van der Waals surface area contributed by atoms with E-state index in [0.29, 0.717) is 27.5 Å². The van der Waals surface area contributed by atoms with Gasteiger partial charge >= 0.3 is 0 Å². The third-order valence-electron chi connectivity index (χ3n) is 3.79. The first-order valence-corrected chi connectivity index (χ1v) is 8.93. The second kappa shape index (κ2) is 8.41. The van der Waals surface area contributed by atoms with E-state index in [9.17, 15) is 4.79 Å². The molecule has 0 aliphatic carbocycles. The first kappa shape index (κ1) is 19.2. The molecule has 140 valence electrons. The fourth-order valence-corrected chi connectivity index (χ4v) is 2.65. The highest BCUT2D eigenvalue weighted by atomic mass is 35.5. The van der Waals surface area contributed by atoms with E-state index in [1.807, 2.05) is 0 Å². The fraction of sp³-hybridized carbons (Fsp3) is 0.211. The third-order valence-corrected chi connectivity index (χ3v) is 4.30. The zero-order chi connectivity index (χ0) is 19.4. The largest absolute Gasteiger partial charge is 0.481 e. The van der Waals surface area contributed by atoms with Crippen LogP contribution in [0.5, 0.6) is 5.75 Å². The Bertz CT molecular complexity index is 911. The fourth-order valence-electron chi connectivity index (χ4n) is 2.39. The average Bonchev–Trinajstić information content (AvgIpc) is 3.12. The van der Waals surface area contributed by atoms with E-state index in [-0.39, 0.29) is 12.5 Å². The smallest absolute Gasteiger partial charge is 0.263 e. The van der Waals surface area contributed by atoms with Gasteiger partial charge < -0.3 is 14.2 Å². The van der Waals surface area contributed by atoms with Gasteiger partial charge in [-0.15, -0.1) is 0 Å². The standard InChI is InChI=1S/C19H17Cl2N3O3/c1-12(26-16-9-7-15(21)8-10-16)19(25)24(2)11-17-22-18(23-27-17)13-3-5-14(20)6-4-13/h3-10,12H,11H2,1-2H3/t12-/m0/s1. The first-order chi connectivity index (χ1) is 12.9. The van der Waals surface area contributed by atoms with Gasteiger partial charge in [-0.1, -0.05) is 28.4 Å². The van der Waals surface area contributed by atoms with Crippen molar-refractivity contribution in [3.63, 3.8) is 0 Å². The highest BCUT2D eigenvalue weighted by Gasteiger charge is 2.21.